The molecule has 0 fully saturated rings. The molecule has 0 spiro atoms. The van der Waals surface area contributed by atoms with Gasteiger partial charge in [-0.25, -0.2) is 4.79 Å². The molecule has 0 aliphatic rings. The average Bonchev–Trinajstić information content (AvgIpc) is 2.60. The first-order valence-electron chi connectivity index (χ1n) is 8.30. The number of rotatable bonds is 6. The minimum Gasteiger partial charge on any atom is -0.452 e. The van der Waals surface area contributed by atoms with Crippen LogP contribution in [0.4, 0.5) is 11.4 Å². The Kier molecular flexibility index (Phi) is 6.49. The van der Waals surface area contributed by atoms with Gasteiger partial charge < -0.3 is 15.0 Å². The van der Waals surface area contributed by atoms with E-state index in [1.807, 2.05) is 44.2 Å². The van der Waals surface area contributed by atoms with Gasteiger partial charge in [0.15, 0.2) is 6.61 Å². The van der Waals surface area contributed by atoms with E-state index in [2.05, 4.69) is 5.32 Å². The van der Waals surface area contributed by atoms with Crippen LogP contribution in [0.2, 0.25) is 0 Å². The Morgan fingerprint density at radius 1 is 1.00 bits per heavy atom. The van der Waals surface area contributed by atoms with Crippen molar-refractivity contribution in [3.63, 3.8) is 0 Å². The van der Waals surface area contributed by atoms with Crippen LogP contribution in [0, 0.1) is 0 Å². The van der Waals surface area contributed by atoms with E-state index >= 15 is 0 Å². The number of hydrogen-bond acceptors (Lipinski definition) is 4. The summed E-state index contributed by atoms with van der Waals surface area (Å²) in [6, 6.07) is 15.4. The van der Waals surface area contributed by atoms with Crippen LogP contribution in [-0.2, 0) is 14.3 Å². The third-order valence-electron chi connectivity index (χ3n) is 3.59. The Hall–Kier alpha value is -3.15. The normalized spacial score (nSPS) is 10.3. The van der Waals surface area contributed by atoms with Crippen LogP contribution in [0.1, 0.15) is 31.1 Å². The molecule has 0 heterocycles. The molecule has 0 saturated heterocycles. The van der Waals surface area contributed by atoms with Gasteiger partial charge in [-0.15, -0.1) is 0 Å². The topological polar surface area (TPSA) is 75.7 Å². The molecule has 0 unspecified atom stereocenters. The lowest BCUT2D eigenvalue weighted by atomic mass is 10.2. The highest BCUT2D eigenvalue weighted by Gasteiger charge is 2.20. The number of ether oxygens (including phenoxy) is 1. The van der Waals surface area contributed by atoms with Gasteiger partial charge in [-0.05, 0) is 50.2 Å². The lowest BCUT2D eigenvalue weighted by Gasteiger charge is -2.26. The lowest BCUT2D eigenvalue weighted by Crippen LogP contribution is -2.39. The monoisotopic (exact) mass is 354 g/mol. The predicted octanol–water partition coefficient (Wildman–Crippen LogP) is 3.24. The first-order valence-corrected chi connectivity index (χ1v) is 8.30. The zero-order valence-electron chi connectivity index (χ0n) is 15.1. The van der Waals surface area contributed by atoms with E-state index in [4.69, 9.17) is 4.74 Å². The van der Waals surface area contributed by atoms with Crippen LogP contribution >= 0.6 is 0 Å². The van der Waals surface area contributed by atoms with E-state index in [1.165, 1.54) is 19.1 Å². The van der Waals surface area contributed by atoms with Crippen molar-refractivity contribution in [3.05, 3.63) is 60.2 Å². The molecule has 2 aromatic rings. The van der Waals surface area contributed by atoms with Crippen LogP contribution in [0.25, 0.3) is 0 Å². The molecule has 6 heteroatoms. The number of esters is 1. The van der Waals surface area contributed by atoms with Crippen LogP contribution in [0.3, 0.4) is 0 Å². The Morgan fingerprint density at radius 3 is 2.15 bits per heavy atom. The second-order valence-electron chi connectivity index (χ2n) is 6.03. The van der Waals surface area contributed by atoms with E-state index in [-0.39, 0.29) is 24.5 Å². The third-order valence-corrected chi connectivity index (χ3v) is 3.59. The summed E-state index contributed by atoms with van der Waals surface area (Å²) in [5.74, 6) is -1.08. The molecule has 0 aliphatic heterocycles. The predicted molar refractivity (Wildman–Crippen MR) is 100 cm³/mol. The van der Waals surface area contributed by atoms with Gasteiger partial charge >= 0.3 is 5.97 Å². The number of nitrogens with zero attached hydrogens (tertiary/aromatic N) is 1. The summed E-state index contributed by atoms with van der Waals surface area (Å²) < 4.78 is 5.15. The van der Waals surface area contributed by atoms with Gasteiger partial charge in [0.05, 0.1) is 5.56 Å². The molecule has 1 N–H and O–H groups in total. The molecule has 2 rings (SSSR count). The van der Waals surface area contributed by atoms with Crippen molar-refractivity contribution in [2.75, 3.05) is 16.8 Å². The van der Waals surface area contributed by atoms with Gasteiger partial charge in [0.2, 0.25) is 5.91 Å². The van der Waals surface area contributed by atoms with E-state index < -0.39 is 5.97 Å². The summed E-state index contributed by atoms with van der Waals surface area (Å²) in [7, 11) is 0. The fourth-order valence-corrected chi connectivity index (χ4v) is 2.49. The van der Waals surface area contributed by atoms with Gasteiger partial charge in [0, 0.05) is 24.3 Å². The van der Waals surface area contributed by atoms with Crippen molar-refractivity contribution in [2.24, 2.45) is 0 Å². The number of benzene rings is 2. The number of nitrogens with one attached hydrogen (secondary N) is 1. The summed E-state index contributed by atoms with van der Waals surface area (Å²) in [5.41, 5.74) is 1.64. The minimum atomic E-state index is -0.593. The molecule has 136 valence electrons. The number of para-hydroxylation sites is 1. The molecule has 0 radical (unpaired) electrons. The SMILES string of the molecule is CC(=O)Nc1ccc(C(=O)OCC(=O)N(c2ccccc2)C(C)C)cc1. The van der Waals surface area contributed by atoms with Crippen molar-refractivity contribution >= 4 is 29.2 Å². The summed E-state index contributed by atoms with van der Waals surface area (Å²) in [6.07, 6.45) is 0. The first kappa shape index (κ1) is 19.2. The fraction of sp³-hybridized carbons (Fsp3) is 0.250. The van der Waals surface area contributed by atoms with Crippen molar-refractivity contribution in [1.29, 1.82) is 0 Å². The van der Waals surface area contributed by atoms with E-state index in [9.17, 15) is 14.4 Å². The molecule has 0 saturated carbocycles. The molecule has 6 nitrogen and oxygen atoms in total. The number of amides is 2. The number of anilines is 2. The van der Waals surface area contributed by atoms with Crippen molar-refractivity contribution in [3.8, 4) is 0 Å². The molecule has 0 bridgehead atoms. The molecule has 0 aliphatic carbocycles. The van der Waals surface area contributed by atoms with Crippen LogP contribution in [0.5, 0.6) is 0 Å². The Bertz CT molecular complexity index is 770. The lowest BCUT2D eigenvalue weighted by molar-refractivity contribution is -0.122. The van der Waals surface area contributed by atoms with Crippen LogP contribution in [-0.4, -0.2) is 30.4 Å². The Labute approximate surface area is 152 Å². The molecular formula is C20H22N2O4. The van der Waals surface area contributed by atoms with Gasteiger partial charge in [-0.2, -0.15) is 0 Å². The second kappa shape index (κ2) is 8.80. The quantitative estimate of drug-likeness (QED) is 0.808. The smallest absolute Gasteiger partial charge is 0.338 e. The number of carbonyl (C=O) groups is 3. The first-order chi connectivity index (χ1) is 12.4. The highest BCUT2D eigenvalue weighted by Crippen LogP contribution is 2.17. The Morgan fingerprint density at radius 2 is 1.62 bits per heavy atom. The van der Waals surface area contributed by atoms with Crippen molar-refractivity contribution < 1.29 is 19.1 Å². The van der Waals surface area contributed by atoms with Crippen molar-refractivity contribution in [2.45, 2.75) is 26.8 Å². The fourth-order valence-electron chi connectivity index (χ4n) is 2.49. The largest absolute Gasteiger partial charge is 0.452 e. The zero-order valence-corrected chi connectivity index (χ0v) is 15.1. The van der Waals surface area contributed by atoms with E-state index in [0.717, 1.165) is 5.69 Å². The van der Waals surface area contributed by atoms with Crippen LogP contribution < -0.4 is 10.2 Å². The van der Waals surface area contributed by atoms with Gasteiger partial charge in [0.25, 0.3) is 5.91 Å². The maximum absolute atomic E-state index is 12.5. The standard InChI is InChI=1S/C20H22N2O4/c1-14(2)22(18-7-5-4-6-8-18)19(24)13-26-20(25)16-9-11-17(12-10-16)21-15(3)23/h4-12,14H,13H2,1-3H3,(H,21,23). The molecule has 2 amide bonds. The molecule has 26 heavy (non-hydrogen) atoms. The highest BCUT2D eigenvalue weighted by molar-refractivity contribution is 5.97. The maximum atomic E-state index is 12.5. The number of carbonyl (C=O) groups excluding carboxylic acids is 3. The van der Waals surface area contributed by atoms with Gasteiger partial charge in [0.1, 0.15) is 0 Å². The molecule has 0 atom stereocenters. The van der Waals surface area contributed by atoms with Crippen molar-refractivity contribution in [1.82, 2.24) is 0 Å². The van der Waals surface area contributed by atoms with Gasteiger partial charge in [-0.3, -0.25) is 9.59 Å². The summed E-state index contributed by atoms with van der Waals surface area (Å²) in [4.78, 5) is 37.2. The third kappa shape index (κ3) is 5.17. The second-order valence-corrected chi connectivity index (χ2v) is 6.03. The maximum Gasteiger partial charge on any atom is 0.338 e. The van der Waals surface area contributed by atoms with E-state index in [0.29, 0.717) is 11.3 Å². The number of hydrogen-bond donors (Lipinski definition) is 1. The summed E-state index contributed by atoms with van der Waals surface area (Å²) in [5, 5.41) is 2.61. The summed E-state index contributed by atoms with van der Waals surface area (Å²) in [6.45, 7) is 4.85. The van der Waals surface area contributed by atoms with Gasteiger partial charge in [-0.1, -0.05) is 18.2 Å². The molecule has 2 aromatic carbocycles. The highest BCUT2D eigenvalue weighted by atomic mass is 16.5. The average molecular weight is 354 g/mol. The van der Waals surface area contributed by atoms with Crippen LogP contribution in [0.15, 0.2) is 54.6 Å². The van der Waals surface area contributed by atoms with E-state index in [1.54, 1.807) is 17.0 Å². The minimum absolute atomic E-state index is 0.0689. The Balaban J connectivity index is 1.99. The summed E-state index contributed by atoms with van der Waals surface area (Å²) >= 11 is 0. The zero-order chi connectivity index (χ0) is 19.1. The molecular weight excluding hydrogens is 332 g/mol. The molecule has 0 aromatic heterocycles.